The summed E-state index contributed by atoms with van der Waals surface area (Å²) >= 11 is 0. The monoisotopic (exact) mass is 1100 g/mol. The maximum atomic E-state index is 12.9. The van der Waals surface area contributed by atoms with Crippen molar-refractivity contribution < 1.29 is 42.9 Å². The maximum absolute atomic E-state index is 12.9. The first-order valence-electron chi connectivity index (χ1n) is 32.4. The molecule has 0 aliphatic heterocycles. The fourth-order valence-corrected chi connectivity index (χ4v) is 8.94. The molecule has 0 fully saturated rings. The van der Waals surface area contributed by atoms with Crippen molar-refractivity contribution in [2.24, 2.45) is 0 Å². The Kier molecular flexibility index (Phi) is 57.4. The third-order valence-corrected chi connectivity index (χ3v) is 13.8. The van der Waals surface area contributed by atoms with E-state index in [1.54, 1.807) is 0 Å². The minimum absolute atomic E-state index is 0.179. The number of esters is 2. The number of carbonyl (C=O) groups excluding carboxylic acids is 2. The topological polar surface area (TPSA) is 108 Å². The van der Waals surface area contributed by atoms with Gasteiger partial charge in [-0.25, -0.2) is 4.79 Å². The molecule has 0 bridgehead atoms. The van der Waals surface area contributed by atoms with Gasteiger partial charge in [0.15, 0.2) is 6.10 Å². The molecule has 9 heteroatoms. The molecule has 0 spiro atoms. The lowest BCUT2D eigenvalue weighted by molar-refractivity contribution is -0.870. The molecule has 0 aromatic heterocycles. The highest BCUT2D eigenvalue weighted by molar-refractivity contribution is 5.71. The standard InChI is InChI=1S/C70H121NO8/c1-6-8-10-12-14-16-18-20-22-23-24-25-26-27-28-29-30-31-32-33-34-35-36-37-38-39-40-41-42-43-44-45-47-49-51-53-55-57-59-61-68(73)79-66(65-78-70(69(74)75)76-63-62-71(3,4)5)64-77-67(72)60-58-56-54-52-50-48-46-21-19-17-15-13-11-9-7-2/h8-11,14-17,20-22,24-25,46,50,52,66,70H,6-7,12-13,18-19,23,26-45,47-49,51,53-65H2,1-5H3/p+1/b10-8-,11-9-,16-14-,17-15-,22-20-,25-24-,46-21-,52-50-. The number of rotatable bonds is 59. The molecule has 0 radical (unpaired) electrons. The molecule has 0 aromatic carbocycles. The molecule has 0 aliphatic rings. The van der Waals surface area contributed by atoms with Crippen LogP contribution in [0.3, 0.4) is 0 Å². The van der Waals surface area contributed by atoms with Crippen LogP contribution in [0, 0.1) is 0 Å². The van der Waals surface area contributed by atoms with Crippen molar-refractivity contribution in [3.8, 4) is 0 Å². The third-order valence-electron chi connectivity index (χ3n) is 13.8. The summed E-state index contributed by atoms with van der Waals surface area (Å²) in [5.74, 6) is -2.06. The number of likely N-dealkylation sites (N-methyl/N-ethyl adjacent to an activating group) is 1. The second-order valence-corrected chi connectivity index (χ2v) is 22.7. The van der Waals surface area contributed by atoms with Crippen LogP contribution in [-0.2, 0) is 33.3 Å². The summed E-state index contributed by atoms with van der Waals surface area (Å²) in [6.45, 7) is 4.61. The van der Waals surface area contributed by atoms with Gasteiger partial charge in [-0.15, -0.1) is 0 Å². The van der Waals surface area contributed by atoms with Crippen molar-refractivity contribution in [3.05, 3.63) is 97.2 Å². The first-order chi connectivity index (χ1) is 38.6. The molecule has 1 N–H and O–H groups in total. The van der Waals surface area contributed by atoms with E-state index in [0.29, 0.717) is 23.9 Å². The molecular weight excluding hydrogens is 983 g/mol. The molecule has 0 aromatic rings. The lowest BCUT2D eigenvalue weighted by atomic mass is 10.0. The van der Waals surface area contributed by atoms with Gasteiger partial charge in [0.1, 0.15) is 13.2 Å². The smallest absolute Gasteiger partial charge is 0.361 e. The van der Waals surface area contributed by atoms with Gasteiger partial charge in [-0.3, -0.25) is 9.59 Å². The first kappa shape index (κ1) is 75.2. The number of quaternary nitrogens is 1. The molecule has 2 unspecified atom stereocenters. The molecule has 0 rings (SSSR count). The second kappa shape index (κ2) is 60.3. The lowest BCUT2D eigenvalue weighted by Gasteiger charge is -2.25. The Morgan fingerprint density at radius 2 is 0.684 bits per heavy atom. The van der Waals surface area contributed by atoms with E-state index < -0.39 is 24.3 Å². The van der Waals surface area contributed by atoms with Crippen LogP contribution in [0.15, 0.2) is 97.2 Å². The average Bonchev–Trinajstić information content (AvgIpc) is 3.42. The summed E-state index contributed by atoms with van der Waals surface area (Å²) in [5, 5.41) is 9.70. The molecule has 0 saturated carbocycles. The van der Waals surface area contributed by atoms with Crippen LogP contribution in [0.1, 0.15) is 271 Å². The second-order valence-electron chi connectivity index (χ2n) is 22.7. The zero-order chi connectivity index (χ0) is 57.6. The summed E-state index contributed by atoms with van der Waals surface area (Å²) in [6.07, 6.45) is 79.7. The number of hydrogen-bond donors (Lipinski definition) is 1. The van der Waals surface area contributed by atoms with Gasteiger partial charge in [-0.2, -0.15) is 0 Å². The van der Waals surface area contributed by atoms with Crippen molar-refractivity contribution in [2.45, 2.75) is 283 Å². The van der Waals surface area contributed by atoms with Crippen molar-refractivity contribution in [1.29, 1.82) is 0 Å². The summed E-state index contributed by atoms with van der Waals surface area (Å²) in [4.78, 5) is 37.4. The summed E-state index contributed by atoms with van der Waals surface area (Å²) in [5.41, 5.74) is 0. The number of hydrogen-bond acceptors (Lipinski definition) is 7. The van der Waals surface area contributed by atoms with E-state index in [2.05, 4.69) is 111 Å². The Hall–Kier alpha value is -3.79. The highest BCUT2D eigenvalue weighted by Gasteiger charge is 2.25. The highest BCUT2D eigenvalue weighted by Crippen LogP contribution is 2.17. The zero-order valence-electron chi connectivity index (χ0n) is 51.8. The van der Waals surface area contributed by atoms with E-state index in [1.165, 1.54) is 154 Å². The van der Waals surface area contributed by atoms with Gasteiger partial charge in [0.25, 0.3) is 6.29 Å². The van der Waals surface area contributed by atoms with Gasteiger partial charge in [0.2, 0.25) is 0 Å². The Morgan fingerprint density at radius 1 is 0.380 bits per heavy atom. The van der Waals surface area contributed by atoms with Crippen LogP contribution in [0.4, 0.5) is 0 Å². The highest BCUT2D eigenvalue weighted by atomic mass is 16.7. The quantitative estimate of drug-likeness (QED) is 0.0211. The van der Waals surface area contributed by atoms with E-state index in [-0.39, 0.29) is 38.6 Å². The summed E-state index contributed by atoms with van der Waals surface area (Å²) in [7, 11) is 5.96. The molecular formula is C70H122NO8+. The van der Waals surface area contributed by atoms with Crippen molar-refractivity contribution in [2.75, 3.05) is 47.5 Å². The number of carboxylic acid groups (broad SMARTS) is 1. The molecule has 0 heterocycles. The van der Waals surface area contributed by atoms with Crippen LogP contribution < -0.4 is 0 Å². The predicted molar refractivity (Wildman–Crippen MR) is 336 cm³/mol. The van der Waals surface area contributed by atoms with Gasteiger partial charge in [0.05, 0.1) is 34.4 Å². The third kappa shape index (κ3) is 61.7. The minimum Gasteiger partial charge on any atom is -0.477 e. The predicted octanol–water partition coefficient (Wildman–Crippen LogP) is 19.7. The largest absolute Gasteiger partial charge is 0.477 e. The summed E-state index contributed by atoms with van der Waals surface area (Å²) < 4.78 is 22.8. The molecule has 0 saturated heterocycles. The Labute approximate surface area is 486 Å². The first-order valence-corrected chi connectivity index (χ1v) is 32.4. The maximum Gasteiger partial charge on any atom is 0.361 e. The van der Waals surface area contributed by atoms with Crippen molar-refractivity contribution >= 4 is 17.9 Å². The number of carboxylic acids is 1. The molecule has 454 valence electrons. The molecule has 2 atom stereocenters. The fraction of sp³-hybridized carbons (Fsp3) is 0.729. The molecule has 0 aliphatic carbocycles. The number of nitrogens with zero attached hydrogens (tertiary/aromatic N) is 1. The Morgan fingerprint density at radius 3 is 1.04 bits per heavy atom. The SMILES string of the molecule is CC/C=C\C/C=C\C/C=C\C/C=C\CCCCCCCCCCCCCCCCCCCCCCCCCCCCC(=O)OC(COC(=O)CCCC/C=C\C/C=C\C/C=C\C/C=C\CC)COC(OCC[N+](C)(C)C)C(=O)O. The van der Waals surface area contributed by atoms with Crippen LogP contribution >= 0.6 is 0 Å². The van der Waals surface area contributed by atoms with E-state index in [9.17, 15) is 19.5 Å². The normalized spacial score (nSPS) is 13.4. The van der Waals surface area contributed by atoms with Crippen LogP contribution in [0.5, 0.6) is 0 Å². The van der Waals surface area contributed by atoms with Gasteiger partial charge in [0, 0.05) is 12.8 Å². The van der Waals surface area contributed by atoms with Crippen LogP contribution in [0.2, 0.25) is 0 Å². The van der Waals surface area contributed by atoms with Crippen molar-refractivity contribution in [1.82, 2.24) is 0 Å². The zero-order valence-corrected chi connectivity index (χ0v) is 51.8. The fourth-order valence-electron chi connectivity index (χ4n) is 8.94. The molecule has 79 heavy (non-hydrogen) atoms. The minimum atomic E-state index is -1.52. The average molecular weight is 1110 g/mol. The van der Waals surface area contributed by atoms with Crippen LogP contribution in [-0.4, -0.2) is 87.4 Å². The number of ether oxygens (including phenoxy) is 4. The van der Waals surface area contributed by atoms with Gasteiger partial charge < -0.3 is 28.5 Å². The van der Waals surface area contributed by atoms with E-state index in [1.807, 2.05) is 21.1 Å². The number of carbonyl (C=O) groups is 3. The number of aliphatic carboxylic acids is 1. The summed E-state index contributed by atoms with van der Waals surface area (Å²) in [6, 6.07) is 0. The van der Waals surface area contributed by atoms with Gasteiger partial charge >= 0.3 is 17.9 Å². The van der Waals surface area contributed by atoms with Crippen LogP contribution in [0.25, 0.3) is 0 Å². The van der Waals surface area contributed by atoms with Crippen molar-refractivity contribution in [3.63, 3.8) is 0 Å². The number of unbranched alkanes of at least 4 members (excludes halogenated alkanes) is 28. The van der Waals surface area contributed by atoms with Gasteiger partial charge in [-0.05, 0) is 89.9 Å². The van der Waals surface area contributed by atoms with E-state index in [0.717, 1.165) is 77.0 Å². The lowest BCUT2D eigenvalue weighted by Crippen LogP contribution is -2.40. The number of allylic oxidation sites excluding steroid dienone is 16. The Bertz CT molecular complexity index is 1620. The Balaban J connectivity index is 3.99. The molecule has 0 amide bonds. The van der Waals surface area contributed by atoms with E-state index in [4.69, 9.17) is 18.9 Å². The van der Waals surface area contributed by atoms with Gasteiger partial charge in [-0.1, -0.05) is 265 Å². The van der Waals surface area contributed by atoms with E-state index >= 15 is 0 Å². The molecule has 9 nitrogen and oxygen atoms in total.